The maximum Gasteiger partial charge on any atom is 0.308 e. The minimum absolute atomic E-state index is 0.0552. The first kappa shape index (κ1) is 30.4. The van der Waals surface area contributed by atoms with Crippen molar-refractivity contribution in [3.05, 3.63) is 83.4 Å². The Kier molecular flexibility index (Phi) is 9.84. The van der Waals surface area contributed by atoms with Gasteiger partial charge < -0.3 is 30.0 Å². The molecule has 0 spiro atoms. The zero-order valence-electron chi connectivity index (χ0n) is 24.9. The van der Waals surface area contributed by atoms with E-state index in [9.17, 15) is 14.7 Å². The van der Waals surface area contributed by atoms with Gasteiger partial charge in [-0.2, -0.15) is 0 Å². The van der Waals surface area contributed by atoms with E-state index < -0.39 is 11.9 Å². The van der Waals surface area contributed by atoms with Gasteiger partial charge in [0.1, 0.15) is 5.75 Å². The minimum atomic E-state index is -0.874. The number of carboxylic acid groups (broad SMARTS) is 1. The van der Waals surface area contributed by atoms with Crippen LogP contribution in [0.1, 0.15) is 48.8 Å². The van der Waals surface area contributed by atoms with Gasteiger partial charge in [0.2, 0.25) is 12.7 Å². The normalized spacial score (nSPS) is 19.4. The second kappa shape index (κ2) is 13.9. The first-order valence-corrected chi connectivity index (χ1v) is 15.0. The number of amides is 1. The van der Waals surface area contributed by atoms with Crippen LogP contribution in [0, 0.1) is 5.92 Å². The van der Waals surface area contributed by atoms with Gasteiger partial charge >= 0.3 is 5.97 Å². The van der Waals surface area contributed by atoms with Crippen molar-refractivity contribution in [3.8, 4) is 17.2 Å². The van der Waals surface area contributed by atoms with Crippen molar-refractivity contribution in [2.75, 3.05) is 38.4 Å². The van der Waals surface area contributed by atoms with Gasteiger partial charge in [0.15, 0.2) is 11.5 Å². The van der Waals surface area contributed by atoms with Gasteiger partial charge in [-0.1, -0.05) is 49.7 Å². The van der Waals surface area contributed by atoms with Crippen LogP contribution in [0.4, 0.5) is 5.69 Å². The highest BCUT2D eigenvalue weighted by atomic mass is 16.7. The Bertz CT molecular complexity index is 1430. The third-order valence-corrected chi connectivity index (χ3v) is 8.59. The summed E-state index contributed by atoms with van der Waals surface area (Å²) in [5.74, 6) is 0.0703. The molecule has 228 valence electrons. The summed E-state index contributed by atoms with van der Waals surface area (Å²) in [7, 11) is 1.64. The second-order valence-corrected chi connectivity index (χ2v) is 11.2. The number of carboxylic acids is 1. The van der Waals surface area contributed by atoms with E-state index in [1.165, 1.54) is 0 Å². The molecule has 3 N–H and O–H groups in total. The van der Waals surface area contributed by atoms with Crippen molar-refractivity contribution in [2.24, 2.45) is 11.7 Å². The molecule has 3 aromatic carbocycles. The number of hydrogen-bond donors (Lipinski definition) is 2. The van der Waals surface area contributed by atoms with E-state index >= 15 is 0 Å². The number of para-hydroxylation sites is 1. The van der Waals surface area contributed by atoms with E-state index in [2.05, 4.69) is 11.8 Å². The standard InChI is InChI=1S/C34H41N3O6/c1-3-4-16-37(26-10-7-8-23(17-26)19-35)32(38)21-36-20-27(25-13-15-30-31(18-25)43-22-42-30)33(34(39)40)28(36)14-12-24-9-5-6-11-29(24)41-2/h5-11,13,15,17-18,27-28,33H,3-4,12,14,16,19-22,35H2,1-2H3,(H,39,40)/t27-,28+,33?/m1/s1. The maximum absolute atomic E-state index is 14.0. The quantitative estimate of drug-likeness (QED) is 0.293. The summed E-state index contributed by atoms with van der Waals surface area (Å²) in [5, 5.41) is 10.6. The third kappa shape index (κ3) is 6.78. The number of aryl methyl sites for hydroxylation is 1. The van der Waals surface area contributed by atoms with Crippen LogP contribution in [0.25, 0.3) is 0 Å². The zero-order chi connectivity index (χ0) is 30.3. The zero-order valence-corrected chi connectivity index (χ0v) is 24.9. The number of unbranched alkanes of at least 4 members (excludes halogenated alkanes) is 1. The SMILES string of the molecule is CCCCN(C(=O)CN1C[C@H](c2ccc3c(c2)OCO3)C(C(=O)O)[C@@H]1CCc1ccccc1OC)c1cccc(CN)c1. The average molecular weight is 588 g/mol. The maximum atomic E-state index is 14.0. The highest BCUT2D eigenvalue weighted by molar-refractivity contribution is 5.95. The number of rotatable bonds is 13. The number of fused-ring (bicyclic) bond motifs is 1. The van der Waals surface area contributed by atoms with Gasteiger partial charge in [0.25, 0.3) is 0 Å². The van der Waals surface area contributed by atoms with Crippen LogP contribution in [0.5, 0.6) is 17.2 Å². The van der Waals surface area contributed by atoms with E-state index in [0.717, 1.165) is 41.0 Å². The number of carbonyl (C=O) groups excluding carboxylic acids is 1. The lowest BCUT2D eigenvalue weighted by atomic mass is 9.83. The van der Waals surface area contributed by atoms with Gasteiger partial charge in [-0.05, 0) is 66.3 Å². The number of nitrogens with two attached hydrogens (primary N) is 1. The van der Waals surface area contributed by atoms with Crippen LogP contribution in [-0.4, -0.2) is 61.5 Å². The lowest BCUT2D eigenvalue weighted by Gasteiger charge is -2.30. The molecule has 9 heteroatoms. The number of carbonyl (C=O) groups is 2. The number of aliphatic carboxylic acids is 1. The summed E-state index contributed by atoms with van der Waals surface area (Å²) in [6, 6.07) is 20.8. The second-order valence-electron chi connectivity index (χ2n) is 11.2. The molecule has 3 atom stereocenters. The fourth-order valence-electron chi connectivity index (χ4n) is 6.37. The van der Waals surface area contributed by atoms with Gasteiger partial charge in [-0.25, -0.2) is 0 Å². The summed E-state index contributed by atoms with van der Waals surface area (Å²) >= 11 is 0. The molecule has 2 heterocycles. The monoisotopic (exact) mass is 587 g/mol. The van der Waals surface area contributed by atoms with Crippen molar-refractivity contribution in [1.82, 2.24) is 4.90 Å². The van der Waals surface area contributed by atoms with Crippen LogP contribution in [0.3, 0.4) is 0 Å². The van der Waals surface area contributed by atoms with Crippen molar-refractivity contribution < 1.29 is 28.9 Å². The van der Waals surface area contributed by atoms with Crippen molar-refractivity contribution in [3.63, 3.8) is 0 Å². The Morgan fingerprint density at radius 3 is 2.65 bits per heavy atom. The summed E-state index contributed by atoms with van der Waals surface area (Å²) in [4.78, 5) is 30.9. The van der Waals surface area contributed by atoms with E-state index in [4.69, 9.17) is 19.9 Å². The van der Waals surface area contributed by atoms with E-state index in [1.807, 2.05) is 71.6 Å². The van der Waals surface area contributed by atoms with Crippen LogP contribution in [0.15, 0.2) is 66.7 Å². The Morgan fingerprint density at radius 2 is 1.88 bits per heavy atom. The Hall–Kier alpha value is -4.08. The molecule has 3 aromatic rings. The molecule has 0 saturated carbocycles. The van der Waals surface area contributed by atoms with Crippen molar-refractivity contribution >= 4 is 17.6 Å². The van der Waals surface area contributed by atoms with E-state index in [0.29, 0.717) is 44.0 Å². The number of methoxy groups -OCH3 is 1. The molecule has 0 radical (unpaired) electrons. The number of benzene rings is 3. The predicted molar refractivity (Wildman–Crippen MR) is 165 cm³/mol. The Balaban J connectivity index is 1.46. The fourth-order valence-corrected chi connectivity index (χ4v) is 6.37. The summed E-state index contributed by atoms with van der Waals surface area (Å²) in [6.45, 7) is 3.75. The molecular weight excluding hydrogens is 546 g/mol. The Morgan fingerprint density at radius 1 is 1.07 bits per heavy atom. The molecule has 43 heavy (non-hydrogen) atoms. The third-order valence-electron chi connectivity index (χ3n) is 8.59. The first-order chi connectivity index (χ1) is 20.9. The average Bonchev–Trinajstić information content (AvgIpc) is 3.64. The summed E-state index contributed by atoms with van der Waals surface area (Å²) < 4.78 is 16.7. The number of ether oxygens (including phenoxy) is 3. The molecule has 1 saturated heterocycles. The molecule has 0 aromatic heterocycles. The van der Waals surface area contributed by atoms with Gasteiger partial charge in [-0.3, -0.25) is 14.5 Å². The number of anilines is 1. The number of nitrogens with zero attached hydrogens (tertiary/aromatic N) is 2. The molecule has 1 amide bonds. The molecule has 0 aliphatic carbocycles. The highest BCUT2D eigenvalue weighted by Gasteiger charge is 2.47. The largest absolute Gasteiger partial charge is 0.496 e. The predicted octanol–water partition coefficient (Wildman–Crippen LogP) is 4.82. The summed E-state index contributed by atoms with van der Waals surface area (Å²) in [5.41, 5.74) is 9.55. The topological polar surface area (TPSA) is 115 Å². The van der Waals surface area contributed by atoms with E-state index in [1.54, 1.807) is 7.11 Å². The molecule has 1 fully saturated rings. The highest BCUT2D eigenvalue weighted by Crippen LogP contribution is 2.43. The van der Waals surface area contributed by atoms with Gasteiger partial charge in [0, 0.05) is 37.3 Å². The van der Waals surface area contributed by atoms with Gasteiger partial charge in [-0.15, -0.1) is 0 Å². The van der Waals surface area contributed by atoms with Crippen LogP contribution in [0.2, 0.25) is 0 Å². The summed E-state index contributed by atoms with van der Waals surface area (Å²) in [6.07, 6.45) is 2.98. The number of likely N-dealkylation sites (tertiary alicyclic amines) is 1. The number of hydrogen-bond acceptors (Lipinski definition) is 7. The molecule has 5 rings (SSSR count). The molecule has 1 unspecified atom stereocenters. The molecule has 2 aliphatic heterocycles. The molecule has 9 nitrogen and oxygen atoms in total. The Labute approximate surface area is 253 Å². The minimum Gasteiger partial charge on any atom is -0.496 e. The van der Waals surface area contributed by atoms with Crippen molar-refractivity contribution in [1.29, 1.82) is 0 Å². The molecular formula is C34H41N3O6. The molecule has 0 bridgehead atoms. The smallest absolute Gasteiger partial charge is 0.308 e. The first-order valence-electron chi connectivity index (χ1n) is 15.0. The van der Waals surface area contributed by atoms with E-state index in [-0.39, 0.29) is 31.2 Å². The molecule has 2 aliphatic rings. The van der Waals surface area contributed by atoms with Crippen LogP contribution < -0.4 is 24.8 Å². The van der Waals surface area contributed by atoms with Gasteiger partial charge in [0.05, 0.1) is 19.6 Å². The van der Waals surface area contributed by atoms with Crippen LogP contribution in [-0.2, 0) is 22.6 Å². The van der Waals surface area contributed by atoms with Crippen molar-refractivity contribution in [2.45, 2.75) is 51.1 Å². The fraction of sp³-hybridized carbons (Fsp3) is 0.412. The van der Waals surface area contributed by atoms with Crippen LogP contribution >= 0.6 is 0 Å². The lowest BCUT2D eigenvalue weighted by Crippen LogP contribution is -2.44. The lowest BCUT2D eigenvalue weighted by molar-refractivity contribution is -0.143.